The van der Waals surface area contributed by atoms with Gasteiger partial charge in [0.25, 0.3) is 0 Å². The summed E-state index contributed by atoms with van der Waals surface area (Å²) in [6.45, 7) is 8.26. The van der Waals surface area contributed by atoms with Crippen LogP contribution in [0.3, 0.4) is 0 Å². The lowest BCUT2D eigenvalue weighted by Gasteiger charge is -2.34. The second-order valence-electron chi connectivity index (χ2n) is 6.56. The van der Waals surface area contributed by atoms with Gasteiger partial charge in [-0.3, -0.25) is 4.79 Å². The third-order valence-electron chi connectivity index (χ3n) is 4.60. The molecule has 1 aromatic carbocycles. The minimum atomic E-state index is 0.112. The van der Waals surface area contributed by atoms with Crippen molar-refractivity contribution >= 4 is 17.3 Å². The van der Waals surface area contributed by atoms with Crippen molar-refractivity contribution in [1.29, 1.82) is 0 Å². The topological polar surface area (TPSA) is 61.6 Å². The highest BCUT2D eigenvalue weighted by atomic mass is 16.1. The number of benzene rings is 1. The molecule has 1 amide bonds. The summed E-state index contributed by atoms with van der Waals surface area (Å²) in [5.74, 6) is 0.112. The Labute approximate surface area is 139 Å². The number of rotatable bonds is 6. The molecule has 0 aromatic heterocycles. The van der Waals surface area contributed by atoms with Gasteiger partial charge in [0, 0.05) is 38.6 Å². The first kappa shape index (κ1) is 17.6. The van der Waals surface area contributed by atoms with Crippen LogP contribution in [0.5, 0.6) is 0 Å². The molecule has 5 nitrogen and oxygen atoms in total. The predicted molar refractivity (Wildman–Crippen MR) is 96.8 cm³/mol. The van der Waals surface area contributed by atoms with Gasteiger partial charge in [0.15, 0.2) is 0 Å². The fourth-order valence-corrected chi connectivity index (χ4v) is 2.80. The lowest BCUT2D eigenvalue weighted by Crippen LogP contribution is -2.44. The first-order valence-corrected chi connectivity index (χ1v) is 8.61. The Kier molecular flexibility index (Phi) is 6.28. The molecular weight excluding hydrogens is 288 g/mol. The fourth-order valence-electron chi connectivity index (χ4n) is 2.80. The molecule has 3 N–H and O–H groups in total. The minimum Gasteiger partial charge on any atom is -0.397 e. The molecular formula is C18H30N4O. The van der Waals surface area contributed by atoms with Crippen molar-refractivity contribution in [2.75, 3.05) is 43.9 Å². The summed E-state index contributed by atoms with van der Waals surface area (Å²) in [5, 5.41) is 3.00. The summed E-state index contributed by atoms with van der Waals surface area (Å²) in [7, 11) is 2.15. The summed E-state index contributed by atoms with van der Waals surface area (Å²) in [6, 6.07) is 6.46. The summed E-state index contributed by atoms with van der Waals surface area (Å²) >= 11 is 0. The van der Waals surface area contributed by atoms with E-state index < -0.39 is 0 Å². The van der Waals surface area contributed by atoms with E-state index in [-0.39, 0.29) is 11.9 Å². The van der Waals surface area contributed by atoms with Crippen molar-refractivity contribution in [3.63, 3.8) is 0 Å². The smallest absolute Gasteiger partial charge is 0.220 e. The van der Waals surface area contributed by atoms with Crippen LogP contribution in [0.25, 0.3) is 0 Å². The van der Waals surface area contributed by atoms with E-state index >= 15 is 0 Å². The van der Waals surface area contributed by atoms with E-state index in [9.17, 15) is 4.79 Å². The average molecular weight is 318 g/mol. The van der Waals surface area contributed by atoms with Gasteiger partial charge >= 0.3 is 0 Å². The maximum atomic E-state index is 11.9. The molecule has 2 rings (SSSR count). The number of nitrogen functional groups attached to an aromatic ring is 1. The highest BCUT2D eigenvalue weighted by Crippen LogP contribution is 2.25. The number of hydrogen-bond acceptors (Lipinski definition) is 4. The first-order chi connectivity index (χ1) is 11.0. The fraction of sp³-hybridized carbons (Fsp3) is 0.611. The van der Waals surface area contributed by atoms with Gasteiger partial charge in [-0.2, -0.15) is 0 Å². The molecule has 23 heavy (non-hydrogen) atoms. The van der Waals surface area contributed by atoms with Crippen LogP contribution in [-0.4, -0.2) is 50.1 Å². The van der Waals surface area contributed by atoms with Crippen LogP contribution in [0.4, 0.5) is 11.4 Å². The molecule has 0 saturated carbocycles. The van der Waals surface area contributed by atoms with Gasteiger partial charge in [-0.15, -0.1) is 0 Å². The van der Waals surface area contributed by atoms with Gasteiger partial charge in [-0.05, 0) is 44.5 Å². The molecule has 1 atom stereocenters. The predicted octanol–water partition coefficient (Wildman–Crippen LogP) is 1.87. The van der Waals surface area contributed by atoms with Gasteiger partial charge in [0.2, 0.25) is 5.91 Å². The number of aryl methyl sites for hydroxylation is 1. The van der Waals surface area contributed by atoms with Crippen molar-refractivity contribution in [2.24, 2.45) is 0 Å². The molecule has 5 heteroatoms. The molecule has 0 bridgehead atoms. The van der Waals surface area contributed by atoms with Gasteiger partial charge in [-0.1, -0.05) is 13.0 Å². The van der Waals surface area contributed by atoms with E-state index in [2.05, 4.69) is 41.2 Å². The van der Waals surface area contributed by atoms with E-state index in [1.807, 2.05) is 13.0 Å². The number of likely N-dealkylation sites (N-methyl/N-ethyl adjacent to an activating group) is 1. The lowest BCUT2D eigenvalue weighted by molar-refractivity contribution is -0.121. The Hall–Kier alpha value is -1.75. The summed E-state index contributed by atoms with van der Waals surface area (Å²) in [6.07, 6.45) is 2.20. The first-order valence-electron chi connectivity index (χ1n) is 8.61. The van der Waals surface area contributed by atoms with E-state index in [0.29, 0.717) is 6.42 Å². The summed E-state index contributed by atoms with van der Waals surface area (Å²) in [5.41, 5.74) is 9.30. The Balaban J connectivity index is 1.90. The molecule has 128 valence electrons. The van der Waals surface area contributed by atoms with Gasteiger partial charge < -0.3 is 20.9 Å². The second kappa shape index (κ2) is 8.20. The number of nitrogens with two attached hydrogens (primary N) is 1. The molecule has 0 radical (unpaired) electrons. The monoisotopic (exact) mass is 318 g/mol. The van der Waals surface area contributed by atoms with Crippen molar-refractivity contribution < 1.29 is 4.79 Å². The zero-order valence-corrected chi connectivity index (χ0v) is 14.6. The summed E-state index contributed by atoms with van der Waals surface area (Å²) in [4.78, 5) is 16.5. The van der Waals surface area contributed by atoms with Crippen LogP contribution in [-0.2, 0) is 11.2 Å². The number of nitrogens with one attached hydrogen (secondary N) is 1. The highest BCUT2D eigenvalue weighted by Gasteiger charge is 2.16. The maximum Gasteiger partial charge on any atom is 0.220 e. The number of nitrogens with zero attached hydrogens (tertiary/aromatic N) is 2. The Morgan fingerprint density at radius 2 is 2.00 bits per heavy atom. The van der Waals surface area contributed by atoms with E-state index in [1.54, 1.807) is 0 Å². The third kappa shape index (κ3) is 5.13. The zero-order valence-electron chi connectivity index (χ0n) is 14.6. The molecule has 1 heterocycles. The highest BCUT2D eigenvalue weighted by molar-refractivity contribution is 5.76. The zero-order chi connectivity index (χ0) is 16.8. The third-order valence-corrected chi connectivity index (χ3v) is 4.60. The van der Waals surface area contributed by atoms with Crippen LogP contribution in [0.2, 0.25) is 0 Å². The van der Waals surface area contributed by atoms with E-state index in [0.717, 1.165) is 56.0 Å². The van der Waals surface area contributed by atoms with Crippen LogP contribution in [0.15, 0.2) is 18.2 Å². The summed E-state index contributed by atoms with van der Waals surface area (Å²) < 4.78 is 0. The lowest BCUT2D eigenvalue weighted by atomic mass is 10.1. The molecule has 1 unspecified atom stereocenters. The van der Waals surface area contributed by atoms with E-state index in [1.165, 1.54) is 0 Å². The van der Waals surface area contributed by atoms with Crippen molar-refractivity contribution in [3.8, 4) is 0 Å². The normalized spacial score (nSPS) is 17.1. The van der Waals surface area contributed by atoms with Crippen molar-refractivity contribution in [3.05, 3.63) is 23.8 Å². The van der Waals surface area contributed by atoms with Crippen LogP contribution >= 0.6 is 0 Å². The van der Waals surface area contributed by atoms with Gasteiger partial charge in [-0.25, -0.2) is 0 Å². The average Bonchev–Trinajstić information content (AvgIpc) is 2.54. The molecule has 0 aliphatic carbocycles. The minimum absolute atomic E-state index is 0.112. The van der Waals surface area contributed by atoms with Crippen LogP contribution in [0.1, 0.15) is 32.3 Å². The Morgan fingerprint density at radius 1 is 1.30 bits per heavy atom. The Morgan fingerprint density at radius 3 is 2.61 bits per heavy atom. The standard InChI is InChI=1S/C18H30N4O/c1-4-14(2)20-18(23)8-6-15-5-7-17(16(19)13-15)22-11-9-21(3)10-12-22/h5,7,13-14H,4,6,8-12,19H2,1-3H3,(H,20,23). The number of piperazine rings is 1. The van der Waals surface area contributed by atoms with Gasteiger partial charge in [0.1, 0.15) is 0 Å². The molecule has 1 aliphatic heterocycles. The van der Waals surface area contributed by atoms with Gasteiger partial charge in [0.05, 0.1) is 11.4 Å². The van der Waals surface area contributed by atoms with Crippen molar-refractivity contribution in [1.82, 2.24) is 10.2 Å². The number of carbonyl (C=O) groups excluding carboxylic acids is 1. The largest absolute Gasteiger partial charge is 0.397 e. The molecule has 0 spiro atoms. The maximum absolute atomic E-state index is 11.9. The number of hydrogen-bond donors (Lipinski definition) is 2. The number of amides is 1. The second-order valence-corrected chi connectivity index (χ2v) is 6.56. The molecule has 1 fully saturated rings. The molecule has 1 aromatic rings. The molecule has 1 saturated heterocycles. The molecule has 1 aliphatic rings. The SMILES string of the molecule is CCC(C)NC(=O)CCc1ccc(N2CCN(C)CC2)c(N)c1. The number of anilines is 2. The Bertz CT molecular complexity index is 524. The van der Waals surface area contributed by atoms with Crippen molar-refractivity contribution in [2.45, 2.75) is 39.2 Å². The van der Waals surface area contributed by atoms with Crippen LogP contribution < -0.4 is 16.0 Å². The van der Waals surface area contributed by atoms with Crippen LogP contribution in [0, 0.1) is 0 Å². The number of carbonyl (C=O) groups is 1. The quantitative estimate of drug-likeness (QED) is 0.786. The van der Waals surface area contributed by atoms with E-state index in [4.69, 9.17) is 5.73 Å².